The highest BCUT2D eigenvalue weighted by molar-refractivity contribution is 4.63. The first kappa shape index (κ1) is 11.9. The smallest absolute Gasteiger partial charge is 0.00643 e. The summed E-state index contributed by atoms with van der Waals surface area (Å²) in [7, 11) is 2.00. The number of nitrogens with one attached hydrogen (secondary N) is 2. The zero-order valence-corrected chi connectivity index (χ0v) is 8.82. The van der Waals surface area contributed by atoms with E-state index >= 15 is 0 Å². The van der Waals surface area contributed by atoms with Gasteiger partial charge >= 0.3 is 0 Å². The largest absolute Gasteiger partial charge is 0.320 e. The summed E-state index contributed by atoms with van der Waals surface area (Å²) < 4.78 is 0. The van der Waals surface area contributed by atoms with Gasteiger partial charge in [0.05, 0.1) is 0 Å². The zero-order chi connectivity index (χ0) is 9.23. The van der Waals surface area contributed by atoms with E-state index in [0.717, 1.165) is 19.1 Å². The number of hydrogen-bond acceptors (Lipinski definition) is 2. The van der Waals surface area contributed by atoms with Crippen molar-refractivity contribution < 1.29 is 0 Å². The molecule has 12 heavy (non-hydrogen) atoms. The van der Waals surface area contributed by atoms with Gasteiger partial charge in [-0.25, -0.2) is 0 Å². The molecule has 74 valence electrons. The van der Waals surface area contributed by atoms with Crippen molar-refractivity contribution in [3.8, 4) is 0 Å². The Balaban J connectivity index is 3.19. The molecule has 2 heteroatoms. The molecular weight excluding hydrogens is 148 g/mol. The van der Waals surface area contributed by atoms with Crippen LogP contribution >= 0.6 is 0 Å². The van der Waals surface area contributed by atoms with Crippen molar-refractivity contribution in [2.75, 3.05) is 20.1 Å². The summed E-state index contributed by atoms with van der Waals surface area (Å²) in [5.74, 6) is 0. The summed E-state index contributed by atoms with van der Waals surface area (Å²) in [5, 5.41) is 6.72. The maximum atomic E-state index is 3.57. The summed E-state index contributed by atoms with van der Waals surface area (Å²) >= 11 is 0. The van der Waals surface area contributed by atoms with Crippen molar-refractivity contribution in [2.24, 2.45) is 0 Å². The van der Waals surface area contributed by atoms with Crippen LogP contribution in [0.3, 0.4) is 0 Å². The van der Waals surface area contributed by atoms with Gasteiger partial charge in [-0.05, 0) is 39.4 Å². The van der Waals surface area contributed by atoms with E-state index in [0.29, 0.717) is 0 Å². The van der Waals surface area contributed by atoms with Crippen molar-refractivity contribution in [1.82, 2.24) is 10.6 Å². The minimum Gasteiger partial charge on any atom is -0.320 e. The van der Waals surface area contributed by atoms with E-state index < -0.39 is 0 Å². The van der Waals surface area contributed by atoms with Crippen LogP contribution in [0.4, 0.5) is 0 Å². The fourth-order valence-corrected chi connectivity index (χ4v) is 1.37. The van der Waals surface area contributed by atoms with Crippen molar-refractivity contribution in [2.45, 2.75) is 45.6 Å². The lowest BCUT2D eigenvalue weighted by Crippen LogP contribution is -2.30. The van der Waals surface area contributed by atoms with E-state index in [-0.39, 0.29) is 0 Å². The van der Waals surface area contributed by atoms with Crippen LogP contribution in [0.1, 0.15) is 39.5 Å². The molecule has 0 bridgehead atoms. The molecule has 0 saturated carbocycles. The molecule has 0 aliphatic rings. The second kappa shape index (κ2) is 9.01. The monoisotopic (exact) mass is 172 g/mol. The van der Waals surface area contributed by atoms with Crippen LogP contribution < -0.4 is 10.6 Å². The summed E-state index contributed by atoms with van der Waals surface area (Å²) in [6.07, 6.45) is 5.09. The highest BCUT2D eigenvalue weighted by atomic mass is 14.9. The van der Waals surface area contributed by atoms with Crippen molar-refractivity contribution in [3.63, 3.8) is 0 Å². The molecule has 0 amide bonds. The van der Waals surface area contributed by atoms with E-state index in [4.69, 9.17) is 0 Å². The average molecular weight is 172 g/mol. The SMILES string of the molecule is CCCC(CC)NCCCNC. The molecule has 1 unspecified atom stereocenters. The van der Waals surface area contributed by atoms with Crippen LogP contribution in [0.2, 0.25) is 0 Å². The standard InChI is InChI=1S/C10H24N2/c1-4-7-10(5-2)12-9-6-8-11-3/h10-12H,4-9H2,1-3H3. The Morgan fingerprint density at radius 2 is 1.92 bits per heavy atom. The number of hydrogen-bond donors (Lipinski definition) is 2. The van der Waals surface area contributed by atoms with Gasteiger partial charge in [0.15, 0.2) is 0 Å². The van der Waals surface area contributed by atoms with Gasteiger partial charge < -0.3 is 10.6 Å². The van der Waals surface area contributed by atoms with E-state index in [1.807, 2.05) is 7.05 Å². The van der Waals surface area contributed by atoms with Gasteiger partial charge in [-0.15, -0.1) is 0 Å². The molecule has 0 radical (unpaired) electrons. The first-order valence-corrected chi connectivity index (χ1v) is 5.23. The lowest BCUT2D eigenvalue weighted by atomic mass is 10.1. The molecule has 2 nitrogen and oxygen atoms in total. The lowest BCUT2D eigenvalue weighted by molar-refractivity contribution is 0.457. The van der Waals surface area contributed by atoms with E-state index in [9.17, 15) is 0 Å². The highest BCUT2D eigenvalue weighted by Gasteiger charge is 2.01. The Labute approximate surface area is 77.1 Å². The molecule has 1 atom stereocenters. The van der Waals surface area contributed by atoms with Gasteiger partial charge in [0.25, 0.3) is 0 Å². The predicted octanol–water partition coefficient (Wildman–Crippen LogP) is 1.76. The molecule has 0 spiro atoms. The molecule has 2 N–H and O–H groups in total. The molecule has 0 aliphatic heterocycles. The van der Waals surface area contributed by atoms with Crippen LogP contribution in [-0.4, -0.2) is 26.2 Å². The summed E-state index contributed by atoms with van der Waals surface area (Å²) in [6.45, 7) is 6.78. The molecule has 0 rings (SSSR count). The molecular formula is C10H24N2. The van der Waals surface area contributed by atoms with Crippen LogP contribution in [0.5, 0.6) is 0 Å². The third-order valence-corrected chi connectivity index (χ3v) is 2.17. The molecule has 0 aromatic heterocycles. The van der Waals surface area contributed by atoms with Gasteiger partial charge in [0, 0.05) is 6.04 Å². The molecule has 0 aromatic rings. The lowest BCUT2D eigenvalue weighted by Gasteiger charge is -2.15. The topological polar surface area (TPSA) is 24.1 Å². The minimum atomic E-state index is 0.742. The van der Waals surface area contributed by atoms with Gasteiger partial charge in [0.2, 0.25) is 0 Å². The number of rotatable bonds is 8. The molecule has 0 heterocycles. The second-order valence-corrected chi connectivity index (χ2v) is 3.31. The van der Waals surface area contributed by atoms with Gasteiger partial charge in [-0.1, -0.05) is 20.3 Å². The Bertz CT molecular complexity index is 83.9. The van der Waals surface area contributed by atoms with E-state index in [1.165, 1.54) is 25.7 Å². The Kier molecular flexibility index (Phi) is 8.95. The van der Waals surface area contributed by atoms with Gasteiger partial charge in [0.1, 0.15) is 0 Å². The Morgan fingerprint density at radius 3 is 2.42 bits per heavy atom. The van der Waals surface area contributed by atoms with Crippen molar-refractivity contribution >= 4 is 0 Å². The summed E-state index contributed by atoms with van der Waals surface area (Å²) in [5.41, 5.74) is 0. The fourth-order valence-electron chi connectivity index (χ4n) is 1.37. The summed E-state index contributed by atoms with van der Waals surface area (Å²) in [6, 6.07) is 0.742. The fraction of sp³-hybridized carbons (Fsp3) is 1.00. The summed E-state index contributed by atoms with van der Waals surface area (Å²) in [4.78, 5) is 0. The van der Waals surface area contributed by atoms with Crippen molar-refractivity contribution in [1.29, 1.82) is 0 Å². The van der Waals surface area contributed by atoms with Crippen LogP contribution in [-0.2, 0) is 0 Å². The first-order valence-electron chi connectivity index (χ1n) is 5.23. The maximum Gasteiger partial charge on any atom is 0.00643 e. The molecule has 0 fully saturated rings. The molecule has 0 aromatic carbocycles. The minimum absolute atomic E-state index is 0.742. The van der Waals surface area contributed by atoms with E-state index in [2.05, 4.69) is 24.5 Å². The van der Waals surface area contributed by atoms with Crippen LogP contribution in [0.15, 0.2) is 0 Å². The van der Waals surface area contributed by atoms with E-state index in [1.54, 1.807) is 0 Å². The predicted molar refractivity (Wildman–Crippen MR) is 55.5 cm³/mol. The van der Waals surface area contributed by atoms with Gasteiger partial charge in [-0.2, -0.15) is 0 Å². The molecule has 0 saturated heterocycles. The third kappa shape index (κ3) is 6.62. The highest BCUT2D eigenvalue weighted by Crippen LogP contribution is 2.00. The van der Waals surface area contributed by atoms with Gasteiger partial charge in [-0.3, -0.25) is 0 Å². The van der Waals surface area contributed by atoms with Crippen molar-refractivity contribution in [3.05, 3.63) is 0 Å². The molecule has 0 aliphatic carbocycles. The maximum absolute atomic E-state index is 3.57. The second-order valence-electron chi connectivity index (χ2n) is 3.31. The third-order valence-electron chi connectivity index (χ3n) is 2.17. The van der Waals surface area contributed by atoms with Crippen LogP contribution in [0.25, 0.3) is 0 Å². The first-order chi connectivity index (χ1) is 5.85. The zero-order valence-electron chi connectivity index (χ0n) is 8.82. The average Bonchev–Trinajstić information content (AvgIpc) is 2.10. The Hall–Kier alpha value is -0.0800. The quantitative estimate of drug-likeness (QED) is 0.545. The van der Waals surface area contributed by atoms with Crippen LogP contribution in [0, 0.1) is 0 Å². The Morgan fingerprint density at radius 1 is 1.17 bits per heavy atom. The normalized spacial score (nSPS) is 13.2.